The van der Waals surface area contributed by atoms with Gasteiger partial charge in [-0.25, -0.2) is 0 Å². The molecule has 0 saturated carbocycles. The van der Waals surface area contributed by atoms with Crippen molar-refractivity contribution in [2.45, 2.75) is 101 Å². The van der Waals surface area contributed by atoms with E-state index in [9.17, 15) is 0 Å². The Morgan fingerprint density at radius 2 is 0.839 bits per heavy atom. The highest BCUT2D eigenvalue weighted by Crippen LogP contribution is 2.30. The number of ether oxygens (including phenoxy) is 2. The van der Waals surface area contributed by atoms with Crippen LogP contribution in [0.1, 0.15) is 90.9 Å². The Morgan fingerprint density at radius 1 is 0.484 bits per heavy atom. The van der Waals surface area contributed by atoms with Crippen LogP contribution in [0, 0.1) is 0 Å². The lowest BCUT2D eigenvalue weighted by Gasteiger charge is -2.09. The molecule has 2 aromatic rings. The zero-order valence-electron chi connectivity index (χ0n) is 19.7. The summed E-state index contributed by atoms with van der Waals surface area (Å²) >= 11 is 1.77. The average molecular weight is 443 g/mol. The minimum atomic E-state index is 0.818. The summed E-state index contributed by atoms with van der Waals surface area (Å²) in [5.41, 5.74) is 0. The molecule has 0 aliphatic carbocycles. The molecule has 0 spiro atoms. The molecule has 2 aromatic carbocycles. The van der Waals surface area contributed by atoms with Crippen molar-refractivity contribution in [3.05, 3.63) is 48.5 Å². The van der Waals surface area contributed by atoms with Crippen molar-refractivity contribution in [2.75, 3.05) is 13.2 Å². The van der Waals surface area contributed by atoms with Gasteiger partial charge in [0.2, 0.25) is 0 Å². The standard InChI is InChI=1S/C28H42O2S/c1-3-5-7-9-11-13-23-29-25-15-19-27(20-16-25)31-28-21-17-26(18-22-28)30-24-14-12-10-8-6-4-2/h15-22H,3-14,23-24H2,1-2H3. The minimum absolute atomic E-state index is 0.818. The van der Waals surface area contributed by atoms with Gasteiger partial charge in [-0.3, -0.25) is 0 Å². The molecule has 3 heteroatoms. The molecule has 2 nitrogen and oxygen atoms in total. The van der Waals surface area contributed by atoms with Crippen LogP contribution in [0.25, 0.3) is 0 Å². The molecule has 0 atom stereocenters. The summed E-state index contributed by atoms with van der Waals surface area (Å²) in [4.78, 5) is 2.46. The van der Waals surface area contributed by atoms with Crippen LogP contribution >= 0.6 is 11.8 Å². The van der Waals surface area contributed by atoms with E-state index < -0.39 is 0 Å². The molecule has 31 heavy (non-hydrogen) atoms. The average Bonchev–Trinajstić information content (AvgIpc) is 2.80. The first-order valence-corrected chi connectivity index (χ1v) is 13.3. The summed E-state index contributed by atoms with van der Waals surface area (Å²) in [5.74, 6) is 1.94. The fourth-order valence-corrected chi connectivity index (χ4v) is 4.31. The van der Waals surface area contributed by atoms with Crippen LogP contribution in [-0.4, -0.2) is 13.2 Å². The van der Waals surface area contributed by atoms with Gasteiger partial charge in [0, 0.05) is 9.79 Å². The zero-order valence-corrected chi connectivity index (χ0v) is 20.6. The van der Waals surface area contributed by atoms with Gasteiger partial charge in [0.1, 0.15) is 11.5 Å². The normalized spacial score (nSPS) is 10.9. The summed E-state index contributed by atoms with van der Waals surface area (Å²) in [7, 11) is 0. The third-order valence-corrected chi connectivity index (χ3v) is 6.43. The lowest BCUT2D eigenvalue weighted by molar-refractivity contribution is 0.304. The van der Waals surface area contributed by atoms with Crippen molar-refractivity contribution < 1.29 is 9.47 Å². The van der Waals surface area contributed by atoms with Gasteiger partial charge in [-0.1, -0.05) is 89.8 Å². The SMILES string of the molecule is CCCCCCCCOc1ccc(Sc2ccc(OCCCCCCCC)cc2)cc1. The Bertz CT molecular complexity index is 607. The Labute approximate surface area is 195 Å². The maximum Gasteiger partial charge on any atom is 0.119 e. The molecule has 0 saturated heterocycles. The van der Waals surface area contributed by atoms with E-state index in [1.165, 1.54) is 74.0 Å². The number of hydrogen-bond acceptors (Lipinski definition) is 3. The molecule has 0 aliphatic heterocycles. The van der Waals surface area contributed by atoms with Crippen LogP contribution in [0.15, 0.2) is 58.3 Å². The highest BCUT2D eigenvalue weighted by atomic mass is 32.2. The Hall–Kier alpha value is -1.61. The maximum absolute atomic E-state index is 5.88. The van der Waals surface area contributed by atoms with Crippen molar-refractivity contribution in [3.8, 4) is 11.5 Å². The molecule has 0 aromatic heterocycles. The number of hydrogen-bond donors (Lipinski definition) is 0. The number of rotatable bonds is 18. The van der Waals surface area contributed by atoms with E-state index in [0.717, 1.165) is 37.6 Å². The van der Waals surface area contributed by atoms with E-state index >= 15 is 0 Å². The van der Waals surface area contributed by atoms with Crippen molar-refractivity contribution in [2.24, 2.45) is 0 Å². The highest BCUT2D eigenvalue weighted by molar-refractivity contribution is 7.99. The maximum atomic E-state index is 5.88. The molecule has 0 N–H and O–H groups in total. The predicted octanol–water partition coefficient (Wildman–Crippen LogP) is 9.32. The summed E-state index contributed by atoms with van der Waals surface area (Å²) in [6.45, 7) is 6.15. The summed E-state index contributed by atoms with van der Waals surface area (Å²) in [6, 6.07) is 16.9. The molecule has 0 bridgehead atoms. The summed E-state index contributed by atoms with van der Waals surface area (Å²) < 4.78 is 11.8. The van der Waals surface area contributed by atoms with Crippen LogP contribution in [0.4, 0.5) is 0 Å². The molecule has 0 unspecified atom stereocenters. The highest BCUT2D eigenvalue weighted by Gasteiger charge is 2.01. The van der Waals surface area contributed by atoms with Crippen molar-refractivity contribution in [1.82, 2.24) is 0 Å². The van der Waals surface area contributed by atoms with E-state index in [-0.39, 0.29) is 0 Å². The van der Waals surface area contributed by atoms with E-state index in [2.05, 4.69) is 62.4 Å². The number of unbranched alkanes of at least 4 members (excludes halogenated alkanes) is 10. The van der Waals surface area contributed by atoms with Crippen LogP contribution in [0.2, 0.25) is 0 Å². The first-order chi connectivity index (χ1) is 15.3. The second-order valence-electron chi connectivity index (χ2n) is 8.28. The smallest absolute Gasteiger partial charge is 0.119 e. The Kier molecular flexibility index (Phi) is 14.1. The van der Waals surface area contributed by atoms with E-state index in [1.54, 1.807) is 11.8 Å². The van der Waals surface area contributed by atoms with Gasteiger partial charge in [-0.2, -0.15) is 0 Å². The second kappa shape index (κ2) is 17.0. The third-order valence-electron chi connectivity index (χ3n) is 5.42. The molecule has 0 aliphatic rings. The van der Waals surface area contributed by atoms with Gasteiger partial charge < -0.3 is 9.47 Å². The lowest BCUT2D eigenvalue weighted by Crippen LogP contribution is -1.97. The van der Waals surface area contributed by atoms with Gasteiger partial charge in [-0.05, 0) is 61.4 Å². The first-order valence-electron chi connectivity index (χ1n) is 12.5. The molecule has 172 valence electrons. The molecule has 0 radical (unpaired) electrons. The first kappa shape index (κ1) is 25.6. The molecule has 0 heterocycles. The minimum Gasteiger partial charge on any atom is -0.494 e. The van der Waals surface area contributed by atoms with Crippen LogP contribution in [0.5, 0.6) is 11.5 Å². The van der Waals surface area contributed by atoms with E-state index in [4.69, 9.17) is 9.47 Å². The molecule has 0 fully saturated rings. The van der Waals surface area contributed by atoms with Crippen molar-refractivity contribution in [3.63, 3.8) is 0 Å². The van der Waals surface area contributed by atoms with Gasteiger partial charge in [0.15, 0.2) is 0 Å². The van der Waals surface area contributed by atoms with Crippen LogP contribution in [-0.2, 0) is 0 Å². The molecular formula is C28H42O2S. The second-order valence-corrected chi connectivity index (χ2v) is 9.42. The fraction of sp³-hybridized carbons (Fsp3) is 0.571. The quantitative estimate of drug-likeness (QED) is 0.214. The Balaban J connectivity index is 1.61. The molecular weight excluding hydrogens is 400 g/mol. The lowest BCUT2D eigenvalue weighted by atomic mass is 10.1. The topological polar surface area (TPSA) is 18.5 Å². The largest absolute Gasteiger partial charge is 0.494 e. The third kappa shape index (κ3) is 12.1. The zero-order chi connectivity index (χ0) is 22.0. The molecule has 0 amide bonds. The van der Waals surface area contributed by atoms with Gasteiger partial charge in [-0.15, -0.1) is 0 Å². The fourth-order valence-electron chi connectivity index (χ4n) is 3.49. The van der Waals surface area contributed by atoms with Gasteiger partial charge >= 0.3 is 0 Å². The predicted molar refractivity (Wildman–Crippen MR) is 135 cm³/mol. The summed E-state index contributed by atoms with van der Waals surface area (Å²) in [6.07, 6.45) is 15.5. The van der Waals surface area contributed by atoms with Crippen LogP contribution < -0.4 is 9.47 Å². The van der Waals surface area contributed by atoms with Gasteiger partial charge in [0.25, 0.3) is 0 Å². The Morgan fingerprint density at radius 3 is 1.23 bits per heavy atom. The van der Waals surface area contributed by atoms with Crippen molar-refractivity contribution in [1.29, 1.82) is 0 Å². The van der Waals surface area contributed by atoms with E-state index in [1.807, 2.05) is 0 Å². The van der Waals surface area contributed by atoms with Crippen molar-refractivity contribution >= 4 is 11.8 Å². The summed E-state index contributed by atoms with van der Waals surface area (Å²) in [5, 5.41) is 0. The van der Waals surface area contributed by atoms with E-state index in [0.29, 0.717) is 0 Å². The number of benzene rings is 2. The van der Waals surface area contributed by atoms with Gasteiger partial charge in [0.05, 0.1) is 13.2 Å². The molecule has 2 rings (SSSR count). The van der Waals surface area contributed by atoms with Crippen LogP contribution in [0.3, 0.4) is 0 Å². The monoisotopic (exact) mass is 442 g/mol.